The molecular weight excluding hydrogens is 188 g/mol. The van der Waals surface area contributed by atoms with Crippen LogP contribution in [-0.4, -0.2) is 12.1 Å². The Bertz CT molecular complexity index is 284. The Morgan fingerprint density at radius 2 is 2.07 bits per heavy atom. The van der Waals surface area contributed by atoms with Crippen LogP contribution in [0, 0.1) is 23.2 Å². The van der Waals surface area contributed by atoms with Crippen LogP contribution < -0.4 is 0 Å². The van der Waals surface area contributed by atoms with Gasteiger partial charge in [-0.1, -0.05) is 13.8 Å². The summed E-state index contributed by atoms with van der Waals surface area (Å²) in [6.45, 7) is 4.24. The fourth-order valence-electron chi connectivity index (χ4n) is 3.48. The summed E-state index contributed by atoms with van der Waals surface area (Å²) in [7, 11) is 0. The van der Waals surface area contributed by atoms with Gasteiger partial charge in [-0.15, -0.1) is 0 Å². The molecule has 0 aromatic carbocycles. The van der Waals surface area contributed by atoms with Gasteiger partial charge in [-0.2, -0.15) is 0 Å². The molecule has 0 unspecified atom stereocenters. The lowest BCUT2D eigenvalue weighted by Gasteiger charge is -2.29. The molecule has 2 heteroatoms. The molecular formula is C13H20O2. The number of Topliss-reactive ketones (excluding diaryl/α,β-unsaturated/α-hetero) is 1. The minimum absolute atomic E-state index is 0.143. The number of hydrogen-bond acceptors (Lipinski definition) is 2. The Labute approximate surface area is 91.4 Å². The van der Waals surface area contributed by atoms with Crippen molar-refractivity contribution in [3.8, 4) is 0 Å². The summed E-state index contributed by atoms with van der Waals surface area (Å²) in [6, 6.07) is 0. The van der Waals surface area contributed by atoms with Crippen molar-refractivity contribution in [3.63, 3.8) is 0 Å². The molecule has 0 aromatic rings. The van der Waals surface area contributed by atoms with Crippen LogP contribution in [0.25, 0.3) is 0 Å². The van der Waals surface area contributed by atoms with Crippen LogP contribution in [0.15, 0.2) is 0 Å². The second-order valence-corrected chi connectivity index (χ2v) is 5.67. The van der Waals surface area contributed by atoms with Crippen LogP contribution in [0.2, 0.25) is 0 Å². The van der Waals surface area contributed by atoms with Gasteiger partial charge in [0.15, 0.2) is 0 Å². The molecule has 0 amide bonds. The van der Waals surface area contributed by atoms with Crippen LogP contribution in [0.4, 0.5) is 0 Å². The average Bonchev–Trinajstić information content (AvgIpc) is 2.48. The highest BCUT2D eigenvalue weighted by Crippen LogP contribution is 2.52. The van der Waals surface area contributed by atoms with E-state index in [4.69, 9.17) is 0 Å². The van der Waals surface area contributed by atoms with E-state index in [0.29, 0.717) is 17.6 Å². The van der Waals surface area contributed by atoms with Gasteiger partial charge in [-0.05, 0) is 37.5 Å². The first-order valence-corrected chi connectivity index (χ1v) is 6.06. The topological polar surface area (TPSA) is 34.1 Å². The van der Waals surface area contributed by atoms with Gasteiger partial charge < -0.3 is 4.79 Å². The van der Waals surface area contributed by atoms with Gasteiger partial charge in [0.05, 0.1) is 0 Å². The first-order valence-electron chi connectivity index (χ1n) is 6.06. The summed E-state index contributed by atoms with van der Waals surface area (Å²) >= 11 is 0. The summed E-state index contributed by atoms with van der Waals surface area (Å²) in [5.41, 5.74) is -0.184. The zero-order chi connectivity index (χ0) is 11.1. The third kappa shape index (κ3) is 1.64. The average molecular weight is 208 g/mol. The zero-order valence-electron chi connectivity index (χ0n) is 9.66. The molecule has 0 bridgehead atoms. The lowest BCUT2D eigenvalue weighted by Crippen LogP contribution is -2.32. The molecule has 2 aliphatic rings. The molecule has 0 aromatic heterocycles. The first-order chi connectivity index (χ1) is 7.08. The van der Waals surface area contributed by atoms with Gasteiger partial charge in [0.1, 0.15) is 12.1 Å². The lowest BCUT2D eigenvalue weighted by molar-refractivity contribution is -0.130. The van der Waals surface area contributed by atoms with Crippen molar-refractivity contribution >= 4 is 12.1 Å². The van der Waals surface area contributed by atoms with E-state index in [9.17, 15) is 9.59 Å². The molecule has 0 aliphatic heterocycles. The van der Waals surface area contributed by atoms with E-state index in [-0.39, 0.29) is 11.3 Å². The smallest absolute Gasteiger partial charge is 0.139 e. The SMILES string of the molecule is C[C@H]1CC[C@@H]2[C@H](C=O)CC[C@@]2(C)C(=O)C1. The van der Waals surface area contributed by atoms with Crippen LogP contribution in [0.3, 0.4) is 0 Å². The third-order valence-electron chi connectivity index (χ3n) is 4.65. The number of ketones is 1. The van der Waals surface area contributed by atoms with Crippen LogP contribution in [0.5, 0.6) is 0 Å². The van der Waals surface area contributed by atoms with Gasteiger partial charge in [0, 0.05) is 17.8 Å². The molecule has 0 saturated heterocycles. The maximum absolute atomic E-state index is 12.2. The Kier molecular flexibility index (Phi) is 2.70. The van der Waals surface area contributed by atoms with Crippen LogP contribution >= 0.6 is 0 Å². The summed E-state index contributed by atoms with van der Waals surface area (Å²) in [6.07, 6.45) is 5.82. The summed E-state index contributed by atoms with van der Waals surface area (Å²) in [5.74, 6) is 1.38. The third-order valence-corrected chi connectivity index (χ3v) is 4.65. The van der Waals surface area contributed by atoms with Crippen LogP contribution in [0.1, 0.15) is 46.0 Å². The van der Waals surface area contributed by atoms with Crippen molar-refractivity contribution in [2.24, 2.45) is 23.2 Å². The Balaban J connectivity index is 2.27. The fourth-order valence-corrected chi connectivity index (χ4v) is 3.48. The van der Waals surface area contributed by atoms with E-state index in [1.54, 1.807) is 0 Å². The maximum atomic E-state index is 12.2. The number of rotatable bonds is 1. The molecule has 2 saturated carbocycles. The monoisotopic (exact) mass is 208 g/mol. The number of carbonyl (C=O) groups excluding carboxylic acids is 2. The molecule has 2 rings (SSSR count). The van der Waals surface area contributed by atoms with Gasteiger partial charge in [-0.3, -0.25) is 4.79 Å². The highest BCUT2D eigenvalue weighted by atomic mass is 16.1. The standard InChI is InChI=1S/C13H20O2/c1-9-3-4-11-10(8-14)5-6-13(11,2)12(15)7-9/h8-11H,3-7H2,1-2H3/t9-,10-,11+,13+/m0/s1. The highest BCUT2D eigenvalue weighted by Gasteiger charge is 2.50. The molecule has 15 heavy (non-hydrogen) atoms. The van der Waals surface area contributed by atoms with E-state index in [0.717, 1.165) is 38.4 Å². The number of carbonyl (C=O) groups is 2. The van der Waals surface area contributed by atoms with E-state index >= 15 is 0 Å². The van der Waals surface area contributed by atoms with E-state index in [1.807, 2.05) is 0 Å². The molecule has 84 valence electrons. The van der Waals surface area contributed by atoms with Crippen molar-refractivity contribution in [3.05, 3.63) is 0 Å². The van der Waals surface area contributed by atoms with E-state index < -0.39 is 0 Å². The molecule has 4 atom stereocenters. The van der Waals surface area contributed by atoms with Crippen molar-refractivity contribution in [2.45, 2.75) is 46.0 Å². The number of aldehydes is 1. The van der Waals surface area contributed by atoms with Crippen molar-refractivity contribution in [1.82, 2.24) is 0 Å². The number of hydrogen-bond donors (Lipinski definition) is 0. The zero-order valence-corrected chi connectivity index (χ0v) is 9.66. The summed E-state index contributed by atoms with van der Waals surface area (Å²) in [5, 5.41) is 0. The minimum Gasteiger partial charge on any atom is -0.303 e. The molecule has 0 N–H and O–H groups in total. The first kappa shape index (κ1) is 10.8. The summed E-state index contributed by atoms with van der Waals surface area (Å²) < 4.78 is 0. The van der Waals surface area contributed by atoms with Gasteiger partial charge >= 0.3 is 0 Å². The van der Waals surface area contributed by atoms with Crippen molar-refractivity contribution < 1.29 is 9.59 Å². The quantitative estimate of drug-likeness (QED) is 0.621. The molecule has 0 radical (unpaired) electrons. The predicted octanol–water partition coefficient (Wildman–Crippen LogP) is 2.61. The minimum atomic E-state index is -0.184. The van der Waals surface area contributed by atoms with Crippen molar-refractivity contribution in [1.29, 1.82) is 0 Å². The fraction of sp³-hybridized carbons (Fsp3) is 0.846. The maximum Gasteiger partial charge on any atom is 0.139 e. The Morgan fingerprint density at radius 1 is 1.33 bits per heavy atom. The second-order valence-electron chi connectivity index (χ2n) is 5.67. The van der Waals surface area contributed by atoms with Crippen LogP contribution in [-0.2, 0) is 9.59 Å². The molecule has 2 aliphatic carbocycles. The number of fused-ring (bicyclic) bond motifs is 1. The van der Waals surface area contributed by atoms with Crippen molar-refractivity contribution in [2.75, 3.05) is 0 Å². The molecule has 2 nitrogen and oxygen atoms in total. The van der Waals surface area contributed by atoms with Gasteiger partial charge in [-0.25, -0.2) is 0 Å². The molecule has 2 fully saturated rings. The normalized spacial score (nSPS) is 46.0. The van der Waals surface area contributed by atoms with E-state index in [2.05, 4.69) is 13.8 Å². The van der Waals surface area contributed by atoms with Gasteiger partial charge in [0.25, 0.3) is 0 Å². The summed E-state index contributed by atoms with van der Waals surface area (Å²) in [4.78, 5) is 23.2. The lowest BCUT2D eigenvalue weighted by atomic mass is 9.73. The second kappa shape index (κ2) is 3.73. The van der Waals surface area contributed by atoms with Gasteiger partial charge in [0.2, 0.25) is 0 Å². The Morgan fingerprint density at radius 3 is 2.73 bits per heavy atom. The molecule has 0 heterocycles. The largest absolute Gasteiger partial charge is 0.303 e. The predicted molar refractivity (Wildman–Crippen MR) is 58.4 cm³/mol. The molecule has 0 spiro atoms. The Hall–Kier alpha value is -0.660. The highest BCUT2D eigenvalue weighted by molar-refractivity contribution is 5.86. The van der Waals surface area contributed by atoms with E-state index in [1.165, 1.54) is 0 Å².